The highest BCUT2D eigenvalue weighted by atomic mass is 16.5. The number of methoxy groups -OCH3 is 1. The van der Waals surface area contributed by atoms with Crippen molar-refractivity contribution in [1.82, 2.24) is 5.32 Å². The zero-order chi connectivity index (χ0) is 11.1. The molecule has 0 rings (SSSR count). The van der Waals surface area contributed by atoms with Crippen LogP contribution in [-0.2, 0) is 9.53 Å². The van der Waals surface area contributed by atoms with Gasteiger partial charge in [0.25, 0.3) is 0 Å². The molecule has 2 atom stereocenters. The minimum absolute atomic E-state index is 0.0166. The van der Waals surface area contributed by atoms with Crippen LogP contribution in [0.2, 0.25) is 0 Å². The van der Waals surface area contributed by atoms with Crippen molar-refractivity contribution in [3.05, 3.63) is 0 Å². The quantitative estimate of drug-likeness (QED) is 0.737. The highest BCUT2D eigenvalue weighted by molar-refractivity contribution is 5.88. The molecule has 2 unspecified atom stereocenters. The Bertz CT molecular complexity index is 204. The summed E-state index contributed by atoms with van der Waals surface area (Å²) in [6.45, 7) is 5.68. The molecular formula is C10H19NO3. The highest BCUT2D eigenvalue weighted by Crippen LogP contribution is 2.07. The van der Waals surface area contributed by atoms with Gasteiger partial charge in [-0.3, -0.25) is 4.79 Å². The number of ether oxygens (including phenoxy) is 1. The summed E-state index contributed by atoms with van der Waals surface area (Å²) in [7, 11) is 1.29. The van der Waals surface area contributed by atoms with Crippen molar-refractivity contribution < 1.29 is 14.3 Å². The van der Waals surface area contributed by atoms with Crippen LogP contribution >= 0.6 is 0 Å². The topological polar surface area (TPSA) is 55.4 Å². The van der Waals surface area contributed by atoms with Gasteiger partial charge in [-0.1, -0.05) is 20.8 Å². The molecule has 0 bridgehead atoms. The third kappa shape index (κ3) is 3.77. The lowest BCUT2D eigenvalue weighted by atomic mass is 9.96. The van der Waals surface area contributed by atoms with Gasteiger partial charge in [0.1, 0.15) is 0 Å². The first kappa shape index (κ1) is 12.9. The first-order chi connectivity index (χ1) is 6.56. The Hall–Kier alpha value is -1.06. The maximum absolute atomic E-state index is 11.7. The molecule has 1 amide bonds. The number of amides is 1. The summed E-state index contributed by atoms with van der Waals surface area (Å²) >= 11 is 0. The molecule has 0 saturated heterocycles. The van der Waals surface area contributed by atoms with Gasteiger partial charge >= 0.3 is 6.09 Å². The Morgan fingerprint density at radius 2 is 1.86 bits per heavy atom. The summed E-state index contributed by atoms with van der Waals surface area (Å²) in [5.74, 6) is 0.0532. The molecule has 1 N–H and O–H groups in total. The second kappa shape index (κ2) is 6.40. The van der Waals surface area contributed by atoms with Crippen LogP contribution in [-0.4, -0.2) is 25.0 Å². The third-order valence-electron chi connectivity index (χ3n) is 2.33. The lowest BCUT2D eigenvalue weighted by Crippen LogP contribution is -2.42. The van der Waals surface area contributed by atoms with E-state index in [1.165, 1.54) is 7.11 Å². The monoisotopic (exact) mass is 201 g/mol. The van der Waals surface area contributed by atoms with Crippen molar-refractivity contribution in [2.75, 3.05) is 7.11 Å². The SMILES string of the molecule is CCC(C)C(=O)C(CC)NC(=O)OC. The molecule has 14 heavy (non-hydrogen) atoms. The predicted molar refractivity (Wildman–Crippen MR) is 54.1 cm³/mol. The van der Waals surface area contributed by atoms with E-state index in [2.05, 4.69) is 10.1 Å². The Balaban J connectivity index is 4.26. The second-order valence-electron chi connectivity index (χ2n) is 3.31. The molecule has 82 valence electrons. The van der Waals surface area contributed by atoms with E-state index >= 15 is 0 Å². The number of rotatable bonds is 5. The number of Topliss-reactive ketones (excluding diaryl/α,β-unsaturated/α-hetero) is 1. The average molecular weight is 201 g/mol. The molecule has 0 heterocycles. The summed E-state index contributed by atoms with van der Waals surface area (Å²) < 4.78 is 4.44. The van der Waals surface area contributed by atoms with Gasteiger partial charge < -0.3 is 10.1 Å². The van der Waals surface area contributed by atoms with Gasteiger partial charge in [-0.05, 0) is 12.8 Å². The Labute approximate surface area is 85.0 Å². The number of carbonyl (C=O) groups is 2. The number of nitrogens with one attached hydrogen (secondary N) is 1. The largest absolute Gasteiger partial charge is 0.453 e. The number of alkyl carbamates (subject to hydrolysis) is 1. The fraction of sp³-hybridized carbons (Fsp3) is 0.800. The standard InChI is InChI=1S/C10H19NO3/c1-5-7(3)9(12)8(6-2)11-10(13)14-4/h7-8H,5-6H2,1-4H3,(H,11,13). The van der Waals surface area contributed by atoms with Gasteiger partial charge in [0.2, 0.25) is 0 Å². The Morgan fingerprint density at radius 3 is 2.21 bits per heavy atom. The number of carbonyl (C=O) groups excluding carboxylic acids is 2. The van der Waals surface area contributed by atoms with Crippen LogP contribution in [0.4, 0.5) is 4.79 Å². The molecule has 0 aromatic heterocycles. The van der Waals surface area contributed by atoms with Crippen LogP contribution in [0.25, 0.3) is 0 Å². The van der Waals surface area contributed by atoms with Crippen LogP contribution in [0, 0.1) is 5.92 Å². The minimum Gasteiger partial charge on any atom is -0.453 e. The first-order valence-corrected chi connectivity index (χ1v) is 4.94. The predicted octanol–water partition coefficient (Wildman–Crippen LogP) is 1.74. The highest BCUT2D eigenvalue weighted by Gasteiger charge is 2.22. The molecule has 0 fully saturated rings. The summed E-state index contributed by atoms with van der Waals surface area (Å²) in [5.41, 5.74) is 0. The molecule has 0 aliphatic rings. The van der Waals surface area contributed by atoms with Crippen LogP contribution in [0.5, 0.6) is 0 Å². The van der Waals surface area contributed by atoms with Crippen molar-refractivity contribution >= 4 is 11.9 Å². The normalized spacial score (nSPS) is 14.3. The van der Waals surface area contributed by atoms with E-state index in [1.54, 1.807) is 0 Å². The smallest absolute Gasteiger partial charge is 0.407 e. The Kier molecular flexibility index (Phi) is 5.92. The molecule has 0 spiro atoms. The van der Waals surface area contributed by atoms with Crippen molar-refractivity contribution in [3.8, 4) is 0 Å². The number of ketones is 1. The lowest BCUT2D eigenvalue weighted by Gasteiger charge is -2.18. The summed E-state index contributed by atoms with van der Waals surface area (Å²) in [5, 5.41) is 2.52. The summed E-state index contributed by atoms with van der Waals surface area (Å²) in [4.78, 5) is 22.6. The molecule has 0 aliphatic heterocycles. The molecule has 4 heteroatoms. The number of hydrogen-bond acceptors (Lipinski definition) is 3. The van der Waals surface area contributed by atoms with Crippen LogP contribution < -0.4 is 5.32 Å². The van der Waals surface area contributed by atoms with Gasteiger partial charge in [0.05, 0.1) is 13.2 Å². The maximum Gasteiger partial charge on any atom is 0.407 e. The zero-order valence-corrected chi connectivity index (χ0v) is 9.29. The van der Waals surface area contributed by atoms with Crippen LogP contribution in [0.1, 0.15) is 33.6 Å². The summed E-state index contributed by atoms with van der Waals surface area (Å²) in [6.07, 6.45) is 0.838. The van der Waals surface area contributed by atoms with E-state index in [9.17, 15) is 9.59 Å². The number of hydrogen-bond donors (Lipinski definition) is 1. The molecule has 0 saturated carbocycles. The average Bonchev–Trinajstić information content (AvgIpc) is 2.23. The van der Waals surface area contributed by atoms with Gasteiger partial charge in [-0.15, -0.1) is 0 Å². The lowest BCUT2D eigenvalue weighted by molar-refractivity contribution is -0.124. The van der Waals surface area contributed by atoms with Crippen molar-refractivity contribution in [1.29, 1.82) is 0 Å². The summed E-state index contributed by atoms with van der Waals surface area (Å²) in [6, 6.07) is -0.419. The second-order valence-corrected chi connectivity index (χ2v) is 3.31. The van der Waals surface area contributed by atoms with E-state index in [0.717, 1.165) is 6.42 Å². The van der Waals surface area contributed by atoms with E-state index in [-0.39, 0.29) is 11.7 Å². The molecule has 0 aliphatic carbocycles. The van der Waals surface area contributed by atoms with Crippen molar-refractivity contribution in [3.63, 3.8) is 0 Å². The minimum atomic E-state index is -0.548. The van der Waals surface area contributed by atoms with E-state index in [4.69, 9.17) is 0 Å². The molecule has 0 aromatic carbocycles. The van der Waals surface area contributed by atoms with Crippen molar-refractivity contribution in [2.24, 2.45) is 5.92 Å². The van der Waals surface area contributed by atoms with Crippen LogP contribution in [0.3, 0.4) is 0 Å². The van der Waals surface area contributed by atoms with Gasteiger partial charge in [0.15, 0.2) is 5.78 Å². The van der Waals surface area contributed by atoms with E-state index in [0.29, 0.717) is 6.42 Å². The van der Waals surface area contributed by atoms with Gasteiger partial charge in [0, 0.05) is 5.92 Å². The van der Waals surface area contributed by atoms with Gasteiger partial charge in [-0.2, -0.15) is 0 Å². The molecule has 0 radical (unpaired) electrons. The van der Waals surface area contributed by atoms with Gasteiger partial charge in [-0.25, -0.2) is 4.79 Å². The zero-order valence-electron chi connectivity index (χ0n) is 9.29. The fourth-order valence-corrected chi connectivity index (χ4v) is 1.12. The molecule has 0 aromatic rings. The van der Waals surface area contributed by atoms with E-state index in [1.807, 2.05) is 20.8 Å². The maximum atomic E-state index is 11.7. The van der Waals surface area contributed by atoms with Crippen LogP contribution in [0.15, 0.2) is 0 Å². The molecular weight excluding hydrogens is 182 g/mol. The Morgan fingerprint density at radius 1 is 1.29 bits per heavy atom. The third-order valence-corrected chi connectivity index (χ3v) is 2.33. The van der Waals surface area contributed by atoms with E-state index < -0.39 is 12.1 Å². The fourth-order valence-electron chi connectivity index (χ4n) is 1.12. The first-order valence-electron chi connectivity index (χ1n) is 4.94. The molecule has 4 nitrogen and oxygen atoms in total. The van der Waals surface area contributed by atoms with Crippen molar-refractivity contribution in [2.45, 2.75) is 39.7 Å².